The van der Waals surface area contributed by atoms with E-state index in [1.165, 1.54) is 0 Å². The van der Waals surface area contributed by atoms with Gasteiger partial charge in [-0.05, 0) is 44.0 Å². The predicted octanol–water partition coefficient (Wildman–Crippen LogP) is 3.63. The maximum atomic E-state index is 11.7. The Morgan fingerprint density at radius 3 is 2.30 bits per heavy atom. The van der Waals surface area contributed by atoms with Crippen molar-refractivity contribution in [1.82, 2.24) is 0 Å². The maximum Gasteiger partial charge on any atom is 0.333 e. The highest BCUT2D eigenvalue weighted by Crippen LogP contribution is 2.14. The summed E-state index contributed by atoms with van der Waals surface area (Å²) in [6, 6.07) is 6.76. The first-order valence-electron chi connectivity index (χ1n) is 7.88. The van der Waals surface area contributed by atoms with Crippen LogP contribution in [0.1, 0.15) is 45.4 Å². The molecule has 0 atom stereocenters. The number of unbranched alkanes of at least 4 members (excludes halogenated alkanes) is 4. The molecule has 0 aliphatic rings. The Labute approximate surface area is 137 Å². The second-order valence-electron chi connectivity index (χ2n) is 5.48. The Kier molecular flexibility index (Phi) is 8.50. The molecule has 0 aliphatic carbocycles. The van der Waals surface area contributed by atoms with Gasteiger partial charge in [0, 0.05) is 17.7 Å². The molecule has 2 N–H and O–H groups in total. The summed E-state index contributed by atoms with van der Waals surface area (Å²) in [4.78, 5) is 22.8. The Hall–Kier alpha value is -2.30. The van der Waals surface area contributed by atoms with E-state index in [2.05, 4.69) is 6.58 Å². The summed E-state index contributed by atoms with van der Waals surface area (Å²) in [5.74, 6) is -0.0518. The van der Waals surface area contributed by atoms with E-state index < -0.39 is 0 Å². The number of nitrogen functional groups attached to an aromatic ring is 1. The van der Waals surface area contributed by atoms with Gasteiger partial charge < -0.3 is 15.2 Å². The molecule has 0 saturated heterocycles. The molecule has 0 amide bonds. The van der Waals surface area contributed by atoms with Gasteiger partial charge >= 0.3 is 11.9 Å². The minimum absolute atomic E-state index is 0.231. The fourth-order valence-corrected chi connectivity index (χ4v) is 1.91. The van der Waals surface area contributed by atoms with Crippen LogP contribution in [0.2, 0.25) is 0 Å². The quantitative estimate of drug-likeness (QED) is 0.234. The standard InChI is InChI=1S/C18H25NO4/c1-14(2)18(21)22-13-7-5-3-4-6-8-17(20)23-16-11-9-15(19)10-12-16/h9-12H,1,3-8,13,19H2,2H3. The van der Waals surface area contributed by atoms with E-state index in [0.29, 0.717) is 30.0 Å². The molecule has 0 spiro atoms. The summed E-state index contributed by atoms with van der Waals surface area (Å²) in [5, 5.41) is 0. The average Bonchev–Trinajstić information content (AvgIpc) is 2.51. The zero-order chi connectivity index (χ0) is 17.1. The molecular weight excluding hydrogens is 294 g/mol. The van der Waals surface area contributed by atoms with E-state index in [1.54, 1.807) is 31.2 Å². The first-order valence-corrected chi connectivity index (χ1v) is 7.88. The smallest absolute Gasteiger partial charge is 0.333 e. The van der Waals surface area contributed by atoms with E-state index in [-0.39, 0.29) is 11.9 Å². The molecule has 0 aliphatic heterocycles. The molecule has 0 unspecified atom stereocenters. The normalized spacial score (nSPS) is 10.1. The van der Waals surface area contributed by atoms with Crippen molar-refractivity contribution in [3.8, 4) is 5.75 Å². The van der Waals surface area contributed by atoms with Gasteiger partial charge in [0.25, 0.3) is 0 Å². The number of carbonyl (C=O) groups excluding carboxylic acids is 2. The van der Waals surface area contributed by atoms with Crippen molar-refractivity contribution >= 4 is 17.6 Å². The summed E-state index contributed by atoms with van der Waals surface area (Å²) >= 11 is 0. The number of rotatable bonds is 10. The predicted molar refractivity (Wildman–Crippen MR) is 90.0 cm³/mol. The largest absolute Gasteiger partial charge is 0.462 e. The third-order valence-electron chi connectivity index (χ3n) is 3.22. The van der Waals surface area contributed by atoms with Crippen molar-refractivity contribution in [3.63, 3.8) is 0 Å². The van der Waals surface area contributed by atoms with Crippen LogP contribution in [0.25, 0.3) is 0 Å². The number of anilines is 1. The number of benzene rings is 1. The number of ether oxygens (including phenoxy) is 2. The molecule has 0 radical (unpaired) electrons. The molecule has 1 aromatic rings. The molecular formula is C18H25NO4. The van der Waals surface area contributed by atoms with Crippen LogP contribution in [0, 0.1) is 0 Å². The lowest BCUT2D eigenvalue weighted by Crippen LogP contribution is -2.07. The summed E-state index contributed by atoms with van der Waals surface area (Å²) in [5.41, 5.74) is 6.62. The molecule has 0 fully saturated rings. The van der Waals surface area contributed by atoms with Crippen molar-refractivity contribution < 1.29 is 19.1 Å². The van der Waals surface area contributed by atoms with Crippen LogP contribution in [-0.4, -0.2) is 18.5 Å². The first kappa shape index (κ1) is 18.7. The molecule has 0 heterocycles. The summed E-state index contributed by atoms with van der Waals surface area (Å²) < 4.78 is 10.2. The molecule has 126 valence electrons. The van der Waals surface area contributed by atoms with Crippen LogP contribution >= 0.6 is 0 Å². The minimum atomic E-state index is -0.338. The average molecular weight is 319 g/mol. The molecule has 1 rings (SSSR count). The van der Waals surface area contributed by atoms with Crippen molar-refractivity contribution in [3.05, 3.63) is 36.4 Å². The Morgan fingerprint density at radius 2 is 1.65 bits per heavy atom. The van der Waals surface area contributed by atoms with Gasteiger partial charge in [-0.2, -0.15) is 0 Å². The fourth-order valence-electron chi connectivity index (χ4n) is 1.91. The van der Waals surface area contributed by atoms with Gasteiger partial charge in [0.15, 0.2) is 0 Å². The van der Waals surface area contributed by atoms with Crippen LogP contribution < -0.4 is 10.5 Å². The molecule has 5 nitrogen and oxygen atoms in total. The van der Waals surface area contributed by atoms with Gasteiger partial charge in [-0.1, -0.05) is 25.8 Å². The van der Waals surface area contributed by atoms with Gasteiger partial charge in [-0.3, -0.25) is 4.79 Å². The number of hydrogen-bond donors (Lipinski definition) is 1. The minimum Gasteiger partial charge on any atom is -0.462 e. The summed E-state index contributed by atoms with van der Waals surface area (Å²) in [7, 11) is 0. The monoisotopic (exact) mass is 319 g/mol. The SMILES string of the molecule is C=C(C)C(=O)OCCCCCCCC(=O)Oc1ccc(N)cc1. The van der Waals surface area contributed by atoms with Crippen molar-refractivity contribution in [2.45, 2.75) is 45.4 Å². The van der Waals surface area contributed by atoms with E-state index in [9.17, 15) is 9.59 Å². The second-order valence-corrected chi connectivity index (χ2v) is 5.48. The van der Waals surface area contributed by atoms with Crippen molar-refractivity contribution in [1.29, 1.82) is 0 Å². The highest BCUT2D eigenvalue weighted by molar-refractivity contribution is 5.86. The molecule has 23 heavy (non-hydrogen) atoms. The lowest BCUT2D eigenvalue weighted by molar-refractivity contribution is -0.139. The summed E-state index contributed by atoms with van der Waals surface area (Å²) in [6.07, 6.45) is 4.94. The van der Waals surface area contributed by atoms with Gasteiger partial charge in [0.1, 0.15) is 5.75 Å². The fraction of sp³-hybridized carbons (Fsp3) is 0.444. The van der Waals surface area contributed by atoms with Crippen LogP contribution in [0.15, 0.2) is 36.4 Å². The number of nitrogens with two attached hydrogens (primary N) is 1. The first-order chi connectivity index (χ1) is 11.0. The van der Waals surface area contributed by atoms with Crippen molar-refractivity contribution in [2.75, 3.05) is 12.3 Å². The van der Waals surface area contributed by atoms with Gasteiger partial charge in [-0.15, -0.1) is 0 Å². The molecule has 1 aromatic carbocycles. The highest BCUT2D eigenvalue weighted by atomic mass is 16.5. The van der Waals surface area contributed by atoms with E-state index in [0.717, 1.165) is 32.1 Å². The highest BCUT2D eigenvalue weighted by Gasteiger charge is 2.05. The molecule has 0 aromatic heterocycles. The van der Waals surface area contributed by atoms with Crippen LogP contribution in [-0.2, 0) is 14.3 Å². The summed E-state index contributed by atoms with van der Waals surface area (Å²) in [6.45, 7) is 5.57. The van der Waals surface area contributed by atoms with Crippen LogP contribution in [0.4, 0.5) is 5.69 Å². The maximum absolute atomic E-state index is 11.7. The zero-order valence-electron chi connectivity index (χ0n) is 13.7. The van der Waals surface area contributed by atoms with Crippen LogP contribution in [0.3, 0.4) is 0 Å². The van der Waals surface area contributed by atoms with Crippen molar-refractivity contribution in [2.24, 2.45) is 0 Å². The van der Waals surface area contributed by atoms with Gasteiger partial charge in [0.2, 0.25) is 0 Å². The lowest BCUT2D eigenvalue weighted by atomic mass is 10.1. The lowest BCUT2D eigenvalue weighted by Gasteiger charge is -2.05. The molecule has 5 heteroatoms. The topological polar surface area (TPSA) is 78.6 Å². The van der Waals surface area contributed by atoms with Gasteiger partial charge in [-0.25, -0.2) is 4.79 Å². The second kappa shape index (κ2) is 10.4. The molecule has 0 saturated carbocycles. The number of carbonyl (C=O) groups is 2. The van der Waals surface area contributed by atoms with E-state index >= 15 is 0 Å². The van der Waals surface area contributed by atoms with E-state index in [1.807, 2.05) is 0 Å². The zero-order valence-corrected chi connectivity index (χ0v) is 13.7. The van der Waals surface area contributed by atoms with Gasteiger partial charge in [0.05, 0.1) is 6.61 Å². The van der Waals surface area contributed by atoms with E-state index in [4.69, 9.17) is 15.2 Å². The third kappa shape index (κ3) is 8.66. The number of hydrogen-bond acceptors (Lipinski definition) is 5. The Balaban J connectivity index is 2.00. The number of esters is 2. The third-order valence-corrected chi connectivity index (χ3v) is 3.22. The Morgan fingerprint density at radius 1 is 1.04 bits per heavy atom. The van der Waals surface area contributed by atoms with Crippen LogP contribution in [0.5, 0.6) is 5.75 Å². The molecule has 0 bridgehead atoms. The Bertz CT molecular complexity index is 522.